The van der Waals surface area contributed by atoms with Gasteiger partial charge in [-0.2, -0.15) is 17.5 Å². The minimum absolute atomic E-state index is 0.0772. The molecule has 0 aliphatic carbocycles. The number of alkyl halides is 3. The number of rotatable bonds is 4. The van der Waals surface area contributed by atoms with Crippen molar-refractivity contribution >= 4 is 26.7 Å². The number of sulfonamides is 1. The van der Waals surface area contributed by atoms with Crippen molar-refractivity contribution in [1.29, 1.82) is 0 Å². The number of benzene rings is 2. The molecule has 0 atom stereocenters. The molecule has 2 saturated heterocycles. The smallest absolute Gasteiger partial charge is 0.341 e. The average molecular weight is 484 g/mol. The van der Waals surface area contributed by atoms with Crippen molar-refractivity contribution in [3.8, 4) is 0 Å². The summed E-state index contributed by atoms with van der Waals surface area (Å²) >= 11 is 0. The number of hydrogen-bond donors (Lipinski definition) is 0. The molecule has 2 fully saturated rings. The fourth-order valence-corrected chi connectivity index (χ4v) is 6.19. The minimum Gasteiger partial charge on any atom is -0.341 e. The van der Waals surface area contributed by atoms with Crippen LogP contribution in [-0.2, 0) is 14.8 Å². The van der Waals surface area contributed by atoms with Gasteiger partial charge in [0.1, 0.15) is 0 Å². The monoisotopic (exact) mass is 483 g/mol. The number of carbonyl (C=O) groups excluding carboxylic acids is 1. The molecule has 1 amide bonds. The average Bonchev–Trinajstić information content (AvgIpc) is 3.02. The van der Waals surface area contributed by atoms with Crippen LogP contribution in [0.25, 0.3) is 10.8 Å². The second-order valence-corrected chi connectivity index (χ2v) is 10.7. The maximum Gasteiger partial charge on any atom is 0.401 e. The topological polar surface area (TPSA) is 60.9 Å². The Balaban J connectivity index is 1.35. The largest absolute Gasteiger partial charge is 0.401 e. The van der Waals surface area contributed by atoms with E-state index in [0.29, 0.717) is 32.4 Å². The first-order chi connectivity index (χ1) is 15.6. The van der Waals surface area contributed by atoms with Crippen LogP contribution in [-0.4, -0.2) is 80.4 Å². The summed E-state index contributed by atoms with van der Waals surface area (Å²) in [5.41, 5.74) is 0. The Morgan fingerprint density at radius 2 is 1.61 bits per heavy atom. The van der Waals surface area contributed by atoms with Gasteiger partial charge in [0.05, 0.1) is 11.4 Å². The predicted octanol–water partition coefficient (Wildman–Crippen LogP) is 3.34. The van der Waals surface area contributed by atoms with Crippen molar-refractivity contribution in [2.75, 3.05) is 45.8 Å². The van der Waals surface area contributed by atoms with Gasteiger partial charge < -0.3 is 4.90 Å². The number of hydrogen-bond acceptors (Lipinski definition) is 4. The lowest BCUT2D eigenvalue weighted by Crippen LogP contribution is -2.45. The summed E-state index contributed by atoms with van der Waals surface area (Å²) < 4.78 is 65.7. The van der Waals surface area contributed by atoms with Crippen LogP contribution < -0.4 is 0 Å². The second-order valence-electron chi connectivity index (χ2n) is 8.76. The van der Waals surface area contributed by atoms with Gasteiger partial charge in [-0.25, -0.2) is 8.42 Å². The highest BCUT2D eigenvalue weighted by Gasteiger charge is 2.35. The molecule has 2 aliphatic rings. The highest BCUT2D eigenvalue weighted by molar-refractivity contribution is 7.89. The molecule has 4 rings (SSSR count). The Hall–Kier alpha value is -2.17. The summed E-state index contributed by atoms with van der Waals surface area (Å²) in [4.78, 5) is 16.2. The normalized spacial score (nSPS) is 20.2. The lowest BCUT2D eigenvalue weighted by atomic mass is 9.96. The molecular weight excluding hydrogens is 455 g/mol. The fraction of sp³-hybridized carbons (Fsp3) is 0.522. The fourth-order valence-electron chi connectivity index (χ4n) is 4.68. The number of nitrogens with zero attached hydrogens (tertiary/aromatic N) is 3. The Morgan fingerprint density at radius 3 is 2.30 bits per heavy atom. The van der Waals surface area contributed by atoms with Gasteiger partial charge in [0.25, 0.3) is 0 Å². The van der Waals surface area contributed by atoms with E-state index in [0.717, 1.165) is 10.8 Å². The molecule has 10 heteroatoms. The number of fused-ring (bicyclic) bond motifs is 1. The molecule has 0 N–H and O–H groups in total. The lowest BCUT2D eigenvalue weighted by molar-refractivity contribution is -0.145. The number of carbonyl (C=O) groups is 1. The summed E-state index contributed by atoms with van der Waals surface area (Å²) in [5, 5.41) is 1.82. The van der Waals surface area contributed by atoms with Crippen molar-refractivity contribution in [2.45, 2.75) is 30.3 Å². The molecule has 33 heavy (non-hydrogen) atoms. The molecule has 6 nitrogen and oxygen atoms in total. The maximum absolute atomic E-state index is 13.1. The molecule has 0 radical (unpaired) electrons. The quantitative estimate of drug-likeness (QED) is 0.670. The van der Waals surface area contributed by atoms with Crippen molar-refractivity contribution in [3.05, 3.63) is 42.5 Å². The van der Waals surface area contributed by atoms with Gasteiger partial charge >= 0.3 is 6.18 Å². The maximum atomic E-state index is 13.1. The Kier molecular flexibility index (Phi) is 6.97. The summed E-state index contributed by atoms with van der Waals surface area (Å²) in [5.74, 6) is -0.381. The van der Waals surface area contributed by atoms with Crippen LogP contribution in [0, 0.1) is 5.92 Å². The first kappa shape index (κ1) is 24.0. The Labute approximate surface area is 192 Å². The van der Waals surface area contributed by atoms with Crippen LogP contribution in [0.3, 0.4) is 0 Å². The highest BCUT2D eigenvalue weighted by atomic mass is 32.2. The van der Waals surface area contributed by atoms with Gasteiger partial charge in [-0.15, -0.1) is 0 Å². The molecule has 2 aliphatic heterocycles. The highest BCUT2D eigenvalue weighted by Crippen LogP contribution is 2.27. The number of piperidine rings is 1. The van der Waals surface area contributed by atoms with Gasteiger partial charge in [0.2, 0.25) is 15.9 Å². The van der Waals surface area contributed by atoms with E-state index in [1.807, 2.05) is 24.3 Å². The van der Waals surface area contributed by atoms with Crippen LogP contribution in [0.1, 0.15) is 19.3 Å². The standard InChI is InChI=1S/C23H28F3N3O3S/c24-23(25,26)17-27-10-3-11-28(15-14-27)22(30)19-8-12-29(13-9-19)33(31,32)21-7-6-18-4-1-2-5-20(18)16-21/h1-2,4-7,16,19H,3,8-15,17H2. The van der Waals surface area contributed by atoms with E-state index in [-0.39, 0.29) is 42.9 Å². The third kappa shape index (κ3) is 5.67. The van der Waals surface area contributed by atoms with Crippen molar-refractivity contribution < 1.29 is 26.4 Å². The van der Waals surface area contributed by atoms with E-state index in [1.54, 1.807) is 23.1 Å². The first-order valence-corrected chi connectivity index (χ1v) is 12.6. The molecule has 180 valence electrons. The Morgan fingerprint density at radius 1 is 0.909 bits per heavy atom. The second kappa shape index (κ2) is 9.60. The lowest BCUT2D eigenvalue weighted by Gasteiger charge is -2.33. The van der Waals surface area contributed by atoms with Gasteiger partial charge in [0.15, 0.2) is 0 Å². The van der Waals surface area contributed by atoms with Gasteiger partial charge in [0, 0.05) is 45.2 Å². The zero-order valence-electron chi connectivity index (χ0n) is 18.3. The van der Waals surface area contributed by atoms with Crippen LogP contribution in [0.15, 0.2) is 47.4 Å². The molecule has 2 heterocycles. The molecular formula is C23H28F3N3O3S. The van der Waals surface area contributed by atoms with Crippen LogP contribution in [0.4, 0.5) is 13.2 Å². The molecule has 0 saturated carbocycles. The molecule has 0 bridgehead atoms. The third-order valence-electron chi connectivity index (χ3n) is 6.46. The van der Waals surface area contributed by atoms with Crippen molar-refractivity contribution in [1.82, 2.24) is 14.1 Å². The summed E-state index contributed by atoms with van der Waals surface area (Å²) in [6.45, 7) is 0.749. The molecule has 2 aromatic rings. The molecule has 0 aromatic heterocycles. The number of amides is 1. The van der Waals surface area contributed by atoms with Crippen LogP contribution in [0.2, 0.25) is 0 Å². The minimum atomic E-state index is -4.25. The van der Waals surface area contributed by atoms with Gasteiger partial charge in [-0.1, -0.05) is 30.3 Å². The SMILES string of the molecule is O=C(C1CCN(S(=O)(=O)c2ccc3ccccc3c2)CC1)N1CCCN(CC(F)(F)F)CC1. The summed E-state index contributed by atoms with van der Waals surface area (Å²) in [6, 6.07) is 12.6. The molecule has 0 unspecified atom stereocenters. The van der Waals surface area contributed by atoms with E-state index in [1.165, 1.54) is 9.21 Å². The van der Waals surface area contributed by atoms with Crippen molar-refractivity contribution in [3.63, 3.8) is 0 Å². The van der Waals surface area contributed by atoms with E-state index in [2.05, 4.69) is 0 Å². The summed E-state index contributed by atoms with van der Waals surface area (Å²) in [7, 11) is -3.66. The van der Waals surface area contributed by atoms with Crippen molar-refractivity contribution in [2.24, 2.45) is 5.92 Å². The predicted molar refractivity (Wildman–Crippen MR) is 119 cm³/mol. The van der Waals surface area contributed by atoms with Gasteiger partial charge in [-0.3, -0.25) is 9.69 Å². The molecule has 2 aromatic carbocycles. The summed E-state index contributed by atoms with van der Waals surface area (Å²) in [6.07, 6.45) is -2.93. The van der Waals surface area contributed by atoms with E-state index < -0.39 is 22.7 Å². The molecule has 0 spiro atoms. The first-order valence-electron chi connectivity index (χ1n) is 11.2. The zero-order chi connectivity index (χ0) is 23.6. The van der Waals surface area contributed by atoms with Gasteiger partial charge in [-0.05, 0) is 42.2 Å². The zero-order valence-corrected chi connectivity index (χ0v) is 19.1. The third-order valence-corrected chi connectivity index (χ3v) is 8.36. The van der Waals surface area contributed by atoms with Crippen LogP contribution >= 0.6 is 0 Å². The van der Waals surface area contributed by atoms with E-state index in [4.69, 9.17) is 0 Å². The Bertz CT molecular complexity index is 1100. The number of halogens is 3. The van der Waals surface area contributed by atoms with E-state index in [9.17, 15) is 26.4 Å². The van der Waals surface area contributed by atoms with Crippen LogP contribution in [0.5, 0.6) is 0 Å². The van der Waals surface area contributed by atoms with E-state index >= 15 is 0 Å².